The van der Waals surface area contributed by atoms with E-state index < -0.39 is 17.8 Å². The van der Waals surface area contributed by atoms with E-state index in [1.807, 2.05) is 6.92 Å². The quantitative estimate of drug-likeness (QED) is 0.138. The lowest BCUT2D eigenvalue weighted by atomic mass is 9.95. The highest BCUT2D eigenvalue weighted by Crippen LogP contribution is 2.38. The maximum Gasteiger partial charge on any atom is 0.341 e. The van der Waals surface area contributed by atoms with Crippen LogP contribution >= 0.6 is 34.5 Å². The number of thiophene rings is 1. The zero-order chi connectivity index (χ0) is 28.6. The molecule has 1 aliphatic carbocycles. The number of nitrogens with one attached hydrogen (secondary N) is 2. The number of benzene rings is 2. The van der Waals surface area contributed by atoms with Crippen molar-refractivity contribution in [3.63, 3.8) is 0 Å². The topological polar surface area (TPSA) is 115 Å². The maximum absolute atomic E-state index is 12.6. The number of esters is 1. The predicted octanol–water partition coefficient (Wildman–Crippen LogP) is 5.79. The van der Waals surface area contributed by atoms with E-state index in [1.165, 1.54) is 24.7 Å². The van der Waals surface area contributed by atoms with E-state index in [4.69, 9.17) is 37.4 Å². The van der Waals surface area contributed by atoms with E-state index in [9.17, 15) is 14.4 Å². The number of fused-ring (bicyclic) bond motifs is 1. The van der Waals surface area contributed by atoms with E-state index >= 15 is 0 Å². The van der Waals surface area contributed by atoms with Crippen LogP contribution in [0.1, 0.15) is 51.7 Å². The molecule has 1 heterocycles. The highest BCUT2D eigenvalue weighted by atomic mass is 35.5. The summed E-state index contributed by atoms with van der Waals surface area (Å²) in [4.78, 5) is 38.4. The molecular formula is C28H27Cl2N3O6S. The number of carbonyl (C=O) groups excluding carboxylic acids is 3. The molecule has 0 saturated heterocycles. The second-order valence-electron chi connectivity index (χ2n) is 8.69. The van der Waals surface area contributed by atoms with Gasteiger partial charge in [-0.1, -0.05) is 29.3 Å². The summed E-state index contributed by atoms with van der Waals surface area (Å²) in [6, 6.07) is 10.3. The number of ether oxygens (including phenoxy) is 3. The van der Waals surface area contributed by atoms with Gasteiger partial charge in [-0.2, -0.15) is 5.10 Å². The van der Waals surface area contributed by atoms with Crippen molar-refractivity contribution in [3.05, 3.63) is 73.6 Å². The van der Waals surface area contributed by atoms with Gasteiger partial charge in [-0.3, -0.25) is 9.59 Å². The van der Waals surface area contributed by atoms with Crippen LogP contribution in [0.25, 0.3) is 0 Å². The number of amides is 2. The van der Waals surface area contributed by atoms with Crippen LogP contribution in [0.3, 0.4) is 0 Å². The zero-order valence-corrected chi connectivity index (χ0v) is 24.2. The van der Waals surface area contributed by atoms with Crippen molar-refractivity contribution in [1.82, 2.24) is 5.43 Å². The fourth-order valence-electron chi connectivity index (χ4n) is 4.16. The smallest absolute Gasteiger partial charge is 0.341 e. The summed E-state index contributed by atoms with van der Waals surface area (Å²) in [7, 11) is 1.28. The van der Waals surface area contributed by atoms with Gasteiger partial charge in [-0.15, -0.1) is 11.3 Å². The minimum absolute atomic E-state index is 0.141. The summed E-state index contributed by atoms with van der Waals surface area (Å²) in [5.41, 5.74) is 4.64. The first-order valence-electron chi connectivity index (χ1n) is 12.5. The lowest BCUT2D eigenvalue weighted by Crippen LogP contribution is -2.32. The van der Waals surface area contributed by atoms with E-state index in [0.717, 1.165) is 36.1 Å². The highest BCUT2D eigenvalue weighted by molar-refractivity contribution is 7.17. The third-order valence-electron chi connectivity index (χ3n) is 6.08. The summed E-state index contributed by atoms with van der Waals surface area (Å²) < 4.78 is 16.5. The normalized spacial score (nSPS) is 12.5. The predicted molar refractivity (Wildman–Crippen MR) is 155 cm³/mol. The van der Waals surface area contributed by atoms with Crippen molar-refractivity contribution in [2.75, 3.05) is 19.0 Å². The summed E-state index contributed by atoms with van der Waals surface area (Å²) >= 11 is 13.7. The summed E-state index contributed by atoms with van der Waals surface area (Å²) in [6.07, 6.45) is 4.86. The van der Waals surface area contributed by atoms with Crippen LogP contribution in [-0.2, 0) is 33.8 Å². The number of hydrogen-bond donors (Lipinski definition) is 2. The van der Waals surface area contributed by atoms with E-state index in [-0.39, 0.29) is 6.61 Å². The number of carbonyl (C=O) groups is 3. The van der Waals surface area contributed by atoms with Gasteiger partial charge < -0.3 is 19.5 Å². The Morgan fingerprint density at radius 1 is 1.02 bits per heavy atom. The minimum atomic E-state index is -0.986. The molecule has 40 heavy (non-hydrogen) atoms. The molecule has 2 aromatic carbocycles. The van der Waals surface area contributed by atoms with Crippen molar-refractivity contribution >= 4 is 63.5 Å². The molecule has 9 nitrogen and oxygen atoms in total. The number of nitrogens with zero attached hydrogens (tertiary/aromatic N) is 1. The first-order valence-corrected chi connectivity index (χ1v) is 14.1. The lowest BCUT2D eigenvalue weighted by molar-refractivity contribution is -0.136. The van der Waals surface area contributed by atoms with Crippen LogP contribution in [0.15, 0.2) is 41.5 Å². The van der Waals surface area contributed by atoms with Crippen molar-refractivity contribution < 1.29 is 28.6 Å². The maximum atomic E-state index is 12.6. The second kappa shape index (κ2) is 13.6. The average molecular weight is 605 g/mol. The highest BCUT2D eigenvalue weighted by Gasteiger charge is 2.28. The van der Waals surface area contributed by atoms with Crippen LogP contribution in [0.2, 0.25) is 10.0 Å². The third-order valence-corrected chi connectivity index (χ3v) is 7.99. The first kappa shape index (κ1) is 29.4. The van der Waals surface area contributed by atoms with Crippen LogP contribution in [0, 0.1) is 0 Å². The average Bonchev–Trinajstić information content (AvgIpc) is 3.31. The molecule has 3 aromatic rings. The van der Waals surface area contributed by atoms with Gasteiger partial charge in [0, 0.05) is 20.5 Å². The Labute approximate surface area is 245 Å². The molecular weight excluding hydrogens is 577 g/mol. The molecule has 0 atom stereocenters. The Bertz CT molecular complexity index is 1440. The van der Waals surface area contributed by atoms with Crippen LogP contribution in [0.4, 0.5) is 5.00 Å². The van der Waals surface area contributed by atoms with E-state index in [1.54, 1.807) is 36.4 Å². The van der Waals surface area contributed by atoms with Crippen molar-refractivity contribution in [1.29, 1.82) is 0 Å². The molecule has 0 spiro atoms. The van der Waals surface area contributed by atoms with Gasteiger partial charge in [-0.05, 0) is 74.1 Å². The molecule has 2 amide bonds. The fraction of sp³-hybridized carbons (Fsp3) is 0.286. The summed E-state index contributed by atoms with van der Waals surface area (Å²) in [5.74, 6) is -1.55. The second-order valence-corrected chi connectivity index (χ2v) is 10.6. The largest absolute Gasteiger partial charge is 0.490 e. The Morgan fingerprint density at radius 2 is 1.77 bits per heavy atom. The minimum Gasteiger partial charge on any atom is -0.490 e. The van der Waals surface area contributed by atoms with Crippen LogP contribution in [0.5, 0.6) is 11.5 Å². The number of anilines is 1. The Balaban J connectivity index is 1.40. The van der Waals surface area contributed by atoms with Gasteiger partial charge in [0.2, 0.25) is 0 Å². The number of hydrazone groups is 1. The zero-order valence-electron chi connectivity index (χ0n) is 21.8. The van der Waals surface area contributed by atoms with E-state index in [0.29, 0.717) is 49.8 Å². The van der Waals surface area contributed by atoms with Crippen LogP contribution in [-0.4, -0.2) is 37.7 Å². The van der Waals surface area contributed by atoms with Gasteiger partial charge in [0.1, 0.15) is 11.6 Å². The molecule has 0 bridgehead atoms. The van der Waals surface area contributed by atoms with Gasteiger partial charge in [-0.25, -0.2) is 10.2 Å². The van der Waals surface area contributed by atoms with Crippen molar-refractivity contribution in [2.45, 2.75) is 39.2 Å². The molecule has 12 heteroatoms. The molecule has 0 radical (unpaired) electrons. The molecule has 0 aliphatic heterocycles. The Kier molecular flexibility index (Phi) is 10.0. The number of methoxy groups -OCH3 is 1. The summed E-state index contributed by atoms with van der Waals surface area (Å²) in [6.45, 7) is 2.37. The monoisotopic (exact) mass is 603 g/mol. The van der Waals surface area contributed by atoms with Crippen LogP contribution < -0.4 is 20.2 Å². The number of halogens is 2. The van der Waals surface area contributed by atoms with Crippen molar-refractivity contribution in [2.24, 2.45) is 5.10 Å². The SMILES string of the molecule is CCOc1cc(/C=N/NC(=O)C(=O)Nc2sc3c(c2C(=O)OC)CCCC3)ccc1OCc1c(Cl)cccc1Cl. The van der Waals surface area contributed by atoms with Gasteiger partial charge >= 0.3 is 17.8 Å². The standard InChI is InChI=1S/C28H27Cl2N3O6S/c1-3-38-22-13-16(11-12-21(22)39-15-18-19(29)8-6-9-20(18)30)14-31-33-26(35)25(34)32-27-24(28(36)37-2)17-7-4-5-10-23(17)40-27/h6,8-9,11-14H,3-5,7,10,15H2,1-2H3,(H,32,34)(H,33,35)/b31-14+. The van der Waals surface area contributed by atoms with E-state index in [2.05, 4.69) is 15.8 Å². The Hall–Kier alpha value is -3.60. The lowest BCUT2D eigenvalue weighted by Gasteiger charge is -2.14. The molecule has 1 aromatic heterocycles. The molecule has 1 aliphatic rings. The molecule has 2 N–H and O–H groups in total. The fourth-order valence-corrected chi connectivity index (χ4v) is 5.94. The van der Waals surface area contributed by atoms with Gasteiger partial charge in [0.15, 0.2) is 11.5 Å². The number of aryl methyl sites for hydroxylation is 1. The van der Waals surface area contributed by atoms with Crippen molar-refractivity contribution in [3.8, 4) is 11.5 Å². The van der Waals surface area contributed by atoms with Gasteiger partial charge in [0.05, 0.1) is 25.5 Å². The third kappa shape index (κ3) is 6.93. The summed E-state index contributed by atoms with van der Waals surface area (Å²) in [5, 5.41) is 7.72. The number of hydrogen-bond acceptors (Lipinski definition) is 8. The number of rotatable bonds is 9. The Morgan fingerprint density at radius 3 is 2.50 bits per heavy atom. The first-order chi connectivity index (χ1) is 19.3. The van der Waals surface area contributed by atoms with Gasteiger partial charge in [0.25, 0.3) is 0 Å². The molecule has 210 valence electrons. The molecule has 4 rings (SSSR count). The molecule has 0 unspecified atom stereocenters. The molecule has 0 fully saturated rings. The molecule has 0 saturated carbocycles.